The Morgan fingerprint density at radius 3 is 2.57 bits per heavy atom. The van der Waals surface area contributed by atoms with Gasteiger partial charge in [-0.3, -0.25) is 14.9 Å². The van der Waals surface area contributed by atoms with Crippen molar-refractivity contribution in [2.45, 2.75) is 25.4 Å². The zero-order valence-electron chi connectivity index (χ0n) is 11.6. The Balaban J connectivity index is 2.01. The topological polar surface area (TPSA) is 95.6 Å². The minimum Gasteiger partial charge on any atom is -0.295 e. The van der Waals surface area contributed by atoms with Crippen molar-refractivity contribution < 1.29 is 18.0 Å². The molecule has 1 fully saturated rings. The summed E-state index contributed by atoms with van der Waals surface area (Å²) in [6.45, 7) is 0.198. The van der Waals surface area contributed by atoms with Crippen molar-refractivity contribution in [3.8, 4) is 0 Å². The van der Waals surface area contributed by atoms with Crippen LogP contribution in [0.3, 0.4) is 0 Å². The predicted molar refractivity (Wildman–Crippen MR) is 76.1 cm³/mol. The highest BCUT2D eigenvalue weighted by Gasteiger charge is 2.31. The second-order valence-electron chi connectivity index (χ2n) is 4.87. The first-order valence-corrected chi connectivity index (χ1v) is 7.94. The zero-order chi connectivity index (χ0) is 15.5. The molecule has 1 saturated heterocycles. The molecule has 0 bridgehead atoms. The first-order valence-electron chi connectivity index (χ1n) is 6.50. The van der Waals surface area contributed by atoms with Crippen LogP contribution in [-0.4, -0.2) is 37.6 Å². The molecule has 0 aliphatic carbocycles. The van der Waals surface area contributed by atoms with Gasteiger partial charge in [-0.1, -0.05) is 30.3 Å². The summed E-state index contributed by atoms with van der Waals surface area (Å²) in [4.78, 5) is 22.6. The molecule has 2 rings (SSSR count). The van der Waals surface area contributed by atoms with Crippen molar-refractivity contribution in [3.63, 3.8) is 0 Å². The molecule has 1 unspecified atom stereocenters. The van der Waals surface area contributed by atoms with Crippen molar-refractivity contribution in [2.24, 2.45) is 0 Å². The average Bonchev–Trinajstić information content (AvgIpc) is 2.43. The molecule has 1 heterocycles. The monoisotopic (exact) mass is 311 g/mol. The van der Waals surface area contributed by atoms with Gasteiger partial charge in [0.25, 0.3) is 10.2 Å². The number of hydrogen-bond donors (Lipinski definition) is 2. The van der Waals surface area contributed by atoms with E-state index in [0.717, 1.165) is 9.87 Å². The lowest BCUT2D eigenvalue weighted by Gasteiger charge is -2.25. The Hall–Kier alpha value is -1.77. The standard InChI is InChI=1S/C13H17N3O4S/c1-16(9-10-5-3-2-4-6-10)21(19,20)15-11-7-8-12(17)14-13(11)18/h2-6,11,15H,7-9H2,1H3,(H,14,17,18). The number of nitrogens with zero attached hydrogens (tertiary/aromatic N) is 1. The van der Waals surface area contributed by atoms with Crippen LogP contribution in [0.15, 0.2) is 30.3 Å². The summed E-state index contributed by atoms with van der Waals surface area (Å²) in [5.41, 5.74) is 0.841. The third-order valence-corrected chi connectivity index (χ3v) is 4.72. The largest absolute Gasteiger partial charge is 0.295 e. The number of rotatable bonds is 5. The van der Waals surface area contributed by atoms with Crippen molar-refractivity contribution in [1.82, 2.24) is 14.3 Å². The maximum Gasteiger partial charge on any atom is 0.280 e. The lowest BCUT2D eigenvalue weighted by Crippen LogP contribution is -2.54. The minimum atomic E-state index is -3.80. The van der Waals surface area contributed by atoms with Gasteiger partial charge in [0.15, 0.2) is 0 Å². The first kappa shape index (κ1) is 15.6. The molecule has 7 nitrogen and oxygen atoms in total. The minimum absolute atomic E-state index is 0.126. The van der Waals surface area contributed by atoms with Crippen LogP contribution in [-0.2, 0) is 26.3 Å². The average molecular weight is 311 g/mol. The molecule has 1 atom stereocenters. The Morgan fingerprint density at radius 2 is 1.95 bits per heavy atom. The van der Waals surface area contributed by atoms with E-state index in [0.29, 0.717) is 0 Å². The first-order chi connectivity index (χ1) is 9.88. The normalized spacial score (nSPS) is 19.6. The summed E-state index contributed by atoms with van der Waals surface area (Å²) in [6.07, 6.45) is 0.296. The van der Waals surface area contributed by atoms with Crippen molar-refractivity contribution in [1.29, 1.82) is 0 Å². The Morgan fingerprint density at radius 1 is 1.29 bits per heavy atom. The molecular formula is C13H17N3O4S. The second kappa shape index (κ2) is 6.33. The molecule has 0 saturated carbocycles. The molecule has 1 aromatic carbocycles. The maximum atomic E-state index is 12.2. The van der Waals surface area contributed by atoms with E-state index in [1.807, 2.05) is 30.3 Å². The van der Waals surface area contributed by atoms with Crippen molar-refractivity contribution >= 4 is 22.0 Å². The van der Waals surface area contributed by atoms with Crippen LogP contribution in [0, 0.1) is 0 Å². The summed E-state index contributed by atoms with van der Waals surface area (Å²) in [7, 11) is -2.37. The highest BCUT2D eigenvalue weighted by atomic mass is 32.2. The molecule has 0 spiro atoms. The molecule has 8 heteroatoms. The molecule has 114 valence electrons. The van der Waals surface area contributed by atoms with Gasteiger partial charge in [0.1, 0.15) is 6.04 Å². The number of carbonyl (C=O) groups is 2. The summed E-state index contributed by atoms with van der Waals surface area (Å²) in [5, 5.41) is 2.12. The molecule has 1 aliphatic rings. The molecule has 0 aromatic heterocycles. The molecule has 2 amide bonds. The number of carbonyl (C=O) groups excluding carboxylic acids is 2. The fourth-order valence-electron chi connectivity index (χ4n) is 2.00. The van der Waals surface area contributed by atoms with Crippen molar-refractivity contribution in [2.75, 3.05) is 7.05 Å². The number of benzene rings is 1. The molecule has 1 aromatic rings. The van der Waals surface area contributed by atoms with Crippen LogP contribution in [0.1, 0.15) is 18.4 Å². The lowest BCUT2D eigenvalue weighted by molar-refractivity contribution is -0.134. The Kier molecular flexibility index (Phi) is 4.71. The van der Waals surface area contributed by atoms with E-state index in [4.69, 9.17) is 0 Å². The molecule has 0 radical (unpaired) electrons. The molecule has 2 N–H and O–H groups in total. The summed E-state index contributed by atoms with van der Waals surface area (Å²) in [5.74, 6) is -0.990. The summed E-state index contributed by atoms with van der Waals surface area (Å²) < 4.78 is 27.8. The van der Waals surface area contributed by atoms with E-state index in [9.17, 15) is 18.0 Å². The van der Waals surface area contributed by atoms with E-state index in [2.05, 4.69) is 10.0 Å². The highest BCUT2D eigenvalue weighted by Crippen LogP contribution is 2.10. The highest BCUT2D eigenvalue weighted by molar-refractivity contribution is 7.87. The lowest BCUT2D eigenvalue weighted by atomic mass is 10.1. The van der Waals surface area contributed by atoms with E-state index in [-0.39, 0.29) is 25.3 Å². The number of nitrogens with one attached hydrogen (secondary N) is 2. The van der Waals surface area contributed by atoms with Gasteiger partial charge in [-0.2, -0.15) is 17.4 Å². The second-order valence-corrected chi connectivity index (χ2v) is 6.68. The van der Waals surface area contributed by atoms with E-state index in [1.54, 1.807) is 0 Å². The number of imide groups is 1. The van der Waals surface area contributed by atoms with Gasteiger partial charge >= 0.3 is 0 Å². The molecular weight excluding hydrogens is 294 g/mol. The smallest absolute Gasteiger partial charge is 0.280 e. The third kappa shape index (κ3) is 4.10. The number of hydrogen-bond acceptors (Lipinski definition) is 4. The quantitative estimate of drug-likeness (QED) is 0.734. The van der Waals surface area contributed by atoms with Gasteiger partial charge < -0.3 is 0 Å². The van der Waals surface area contributed by atoms with E-state index in [1.165, 1.54) is 7.05 Å². The summed E-state index contributed by atoms with van der Waals surface area (Å²) in [6, 6.07) is 8.22. The van der Waals surface area contributed by atoms with E-state index >= 15 is 0 Å². The van der Waals surface area contributed by atoms with Crippen LogP contribution in [0.25, 0.3) is 0 Å². The van der Waals surface area contributed by atoms with Crippen LogP contribution in [0.2, 0.25) is 0 Å². The fraction of sp³-hybridized carbons (Fsp3) is 0.385. The van der Waals surface area contributed by atoms with Gasteiger partial charge in [-0.15, -0.1) is 0 Å². The molecule has 21 heavy (non-hydrogen) atoms. The molecule has 1 aliphatic heterocycles. The van der Waals surface area contributed by atoms with Crippen LogP contribution in [0.5, 0.6) is 0 Å². The van der Waals surface area contributed by atoms with Gasteiger partial charge in [-0.05, 0) is 12.0 Å². The maximum absolute atomic E-state index is 12.2. The van der Waals surface area contributed by atoms with Crippen LogP contribution < -0.4 is 10.0 Å². The fourth-order valence-corrected chi connectivity index (χ4v) is 3.08. The third-order valence-electron chi connectivity index (χ3n) is 3.19. The number of piperidine rings is 1. The zero-order valence-corrected chi connectivity index (χ0v) is 12.4. The van der Waals surface area contributed by atoms with Gasteiger partial charge in [0.05, 0.1) is 0 Å². The van der Waals surface area contributed by atoms with E-state index < -0.39 is 22.2 Å². The summed E-state index contributed by atoms with van der Waals surface area (Å²) >= 11 is 0. The van der Waals surface area contributed by atoms with Crippen LogP contribution >= 0.6 is 0 Å². The Labute approximate surface area is 123 Å². The Bertz CT molecular complexity index is 630. The van der Waals surface area contributed by atoms with Gasteiger partial charge in [0.2, 0.25) is 11.8 Å². The SMILES string of the molecule is CN(Cc1ccccc1)S(=O)(=O)NC1CCC(=O)NC1=O. The van der Waals surface area contributed by atoms with Gasteiger partial charge in [-0.25, -0.2) is 0 Å². The predicted octanol–water partition coefficient (Wildman–Crippen LogP) is -0.242. The number of amides is 2. The van der Waals surface area contributed by atoms with Gasteiger partial charge in [0, 0.05) is 20.0 Å². The van der Waals surface area contributed by atoms with Crippen molar-refractivity contribution in [3.05, 3.63) is 35.9 Å². The van der Waals surface area contributed by atoms with Crippen LogP contribution in [0.4, 0.5) is 0 Å².